The molecule has 0 bridgehead atoms. The van der Waals surface area contributed by atoms with Gasteiger partial charge in [-0.1, -0.05) is 74.9 Å². The van der Waals surface area contributed by atoms with Crippen LogP contribution in [0.3, 0.4) is 0 Å². The van der Waals surface area contributed by atoms with Crippen molar-refractivity contribution < 1.29 is 47.4 Å². The molecule has 1 N–H and O–H groups in total. The van der Waals surface area contributed by atoms with Crippen LogP contribution in [0.1, 0.15) is 83.8 Å². The van der Waals surface area contributed by atoms with Crippen molar-refractivity contribution in [3.05, 3.63) is 95.7 Å². The predicted octanol–water partition coefficient (Wildman–Crippen LogP) is 6.46. The molecule has 1 saturated carbocycles. The number of anilines is 1. The predicted molar refractivity (Wildman–Crippen MR) is 232 cm³/mol. The van der Waals surface area contributed by atoms with Crippen LogP contribution in [0.25, 0.3) is 0 Å². The fraction of sp³-hybridized carbons (Fsp3) is 0.521. The summed E-state index contributed by atoms with van der Waals surface area (Å²) in [7, 11) is 2.14. The lowest BCUT2D eigenvalue weighted by Gasteiger charge is -2.27. The van der Waals surface area contributed by atoms with E-state index in [0.29, 0.717) is 59.2 Å². The Kier molecular flexibility index (Phi) is 17.6. The van der Waals surface area contributed by atoms with Crippen molar-refractivity contribution in [3.63, 3.8) is 0 Å². The van der Waals surface area contributed by atoms with Gasteiger partial charge >= 0.3 is 5.97 Å². The largest absolute Gasteiger partial charge is 0.446 e. The third kappa shape index (κ3) is 12.4. The van der Waals surface area contributed by atoms with Crippen LogP contribution >= 0.6 is 0 Å². The quantitative estimate of drug-likeness (QED) is 0.0391. The molecule has 2 aliphatic heterocycles. The van der Waals surface area contributed by atoms with E-state index in [1.807, 2.05) is 0 Å². The minimum Gasteiger partial charge on any atom is -0.446 e. The number of fused-ring (bicyclic) bond motifs is 2. The molecule has 0 aromatic heterocycles. The molecule has 324 valence electrons. The van der Waals surface area contributed by atoms with Crippen LogP contribution in [-0.4, -0.2) is 113 Å². The molecule has 0 atom stereocenters. The van der Waals surface area contributed by atoms with Crippen LogP contribution in [0, 0.1) is 0 Å². The molecule has 0 unspecified atom stereocenters. The molecule has 12 heteroatoms. The maximum Gasteiger partial charge on any atom is 0.309 e. The third-order valence-corrected chi connectivity index (χ3v) is 11.3. The molecule has 2 heterocycles. The fourth-order valence-corrected chi connectivity index (χ4v) is 8.05. The van der Waals surface area contributed by atoms with Gasteiger partial charge in [-0.15, -0.1) is 0 Å². The maximum atomic E-state index is 12.5. The highest BCUT2D eigenvalue weighted by molar-refractivity contribution is 6.12. The number of hydrogen-bond acceptors (Lipinski definition) is 10. The number of nitrogens with zero attached hydrogens (tertiary/aromatic N) is 2. The topological polar surface area (TPSA) is 133 Å². The standard InChI is InChI=1S/C48H63N3O9/c1-47(2)36-16-11-13-18-38(36)50(5)42(47)20-8-6-9-21-43-48(3,4)37-17-12-14-19-39(37)51(43)27-15-7-10-22-44(54)49-26-29-57-31-33-59-35-34-58-32-30-56-28-25-45(55)60-46-40(52)23-24-41(46)53/h6,8-9,11-14,16-21,46H,7,10,15,22-35H2,1-5H3/p+1. The molecule has 0 spiro atoms. The van der Waals surface area contributed by atoms with E-state index in [1.165, 1.54) is 33.9 Å². The Morgan fingerprint density at radius 1 is 0.733 bits per heavy atom. The van der Waals surface area contributed by atoms with Gasteiger partial charge in [0.15, 0.2) is 17.3 Å². The Balaban J connectivity index is 0.893. The number of nitrogens with one attached hydrogen (secondary N) is 1. The van der Waals surface area contributed by atoms with Gasteiger partial charge in [-0.3, -0.25) is 19.2 Å². The number of rotatable bonds is 25. The van der Waals surface area contributed by atoms with Crippen molar-refractivity contribution in [2.45, 2.75) is 89.6 Å². The number of carbonyl (C=O) groups excluding carboxylic acids is 4. The van der Waals surface area contributed by atoms with Crippen LogP contribution in [0.15, 0.2) is 84.6 Å². The number of unbranched alkanes of at least 4 members (excludes halogenated alkanes) is 2. The van der Waals surface area contributed by atoms with Gasteiger partial charge in [0.2, 0.25) is 17.7 Å². The number of ether oxygens (including phenoxy) is 5. The van der Waals surface area contributed by atoms with Crippen molar-refractivity contribution in [3.8, 4) is 0 Å². The zero-order valence-electron chi connectivity index (χ0n) is 36.2. The van der Waals surface area contributed by atoms with Crippen molar-refractivity contribution in [2.75, 3.05) is 77.9 Å². The Morgan fingerprint density at radius 2 is 1.35 bits per heavy atom. The van der Waals surface area contributed by atoms with Crippen molar-refractivity contribution in [2.24, 2.45) is 0 Å². The fourth-order valence-electron chi connectivity index (χ4n) is 8.05. The molecular weight excluding hydrogens is 763 g/mol. The normalized spacial score (nSPS) is 17.8. The van der Waals surface area contributed by atoms with E-state index in [2.05, 4.69) is 128 Å². The molecular formula is C48H64N3O9+. The molecule has 60 heavy (non-hydrogen) atoms. The second-order valence-corrected chi connectivity index (χ2v) is 16.3. The number of carbonyl (C=O) groups is 4. The van der Waals surface area contributed by atoms with Crippen molar-refractivity contribution in [1.82, 2.24) is 5.32 Å². The number of amides is 1. The van der Waals surface area contributed by atoms with E-state index in [1.54, 1.807) is 0 Å². The van der Waals surface area contributed by atoms with Crippen LogP contribution in [0.4, 0.5) is 11.4 Å². The summed E-state index contributed by atoms with van der Waals surface area (Å²) in [6, 6.07) is 17.3. The summed E-state index contributed by atoms with van der Waals surface area (Å²) >= 11 is 0. The monoisotopic (exact) mass is 826 g/mol. The Hall–Kier alpha value is -4.75. The second kappa shape index (κ2) is 22.7. The van der Waals surface area contributed by atoms with E-state index >= 15 is 0 Å². The maximum absolute atomic E-state index is 12.5. The highest BCUT2D eigenvalue weighted by atomic mass is 16.6. The lowest BCUT2D eigenvalue weighted by molar-refractivity contribution is -0.401. The van der Waals surface area contributed by atoms with E-state index in [9.17, 15) is 19.2 Å². The number of benzene rings is 2. The zero-order chi connectivity index (χ0) is 43.0. The zero-order valence-corrected chi connectivity index (χ0v) is 36.2. The van der Waals surface area contributed by atoms with Gasteiger partial charge in [-0.2, -0.15) is 4.58 Å². The van der Waals surface area contributed by atoms with Crippen molar-refractivity contribution >= 4 is 40.5 Å². The van der Waals surface area contributed by atoms with Crippen molar-refractivity contribution in [1.29, 1.82) is 0 Å². The Morgan fingerprint density at radius 3 is 2.03 bits per heavy atom. The summed E-state index contributed by atoms with van der Waals surface area (Å²) in [5, 5.41) is 2.95. The second-order valence-electron chi connectivity index (χ2n) is 16.3. The minimum absolute atomic E-state index is 0.0358. The molecule has 2 aromatic rings. The summed E-state index contributed by atoms with van der Waals surface area (Å²) < 4.78 is 29.1. The van der Waals surface area contributed by atoms with E-state index in [0.717, 1.165) is 25.8 Å². The summed E-state index contributed by atoms with van der Waals surface area (Å²) in [5.41, 5.74) is 7.58. The van der Waals surface area contributed by atoms with Gasteiger partial charge in [0.05, 0.1) is 64.7 Å². The molecule has 0 radical (unpaired) electrons. The first-order valence-electron chi connectivity index (χ1n) is 21.4. The van der Waals surface area contributed by atoms with Crippen LogP contribution < -0.4 is 10.2 Å². The number of esters is 1. The van der Waals surface area contributed by atoms with Gasteiger partial charge in [0.1, 0.15) is 7.05 Å². The molecule has 2 aromatic carbocycles. The lowest BCUT2D eigenvalue weighted by Crippen LogP contribution is -2.28. The molecule has 0 saturated heterocycles. The first-order chi connectivity index (χ1) is 28.9. The van der Waals surface area contributed by atoms with E-state index in [-0.39, 0.29) is 54.2 Å². The summed E-state index contributed by atoms with van der Waals surface area (Å²) in [6.45, 7) is 13.3. The highest BCUT2D eigenvalue weighted by Gasteiger charge is 2.43. The molecule has 1 fully saturated rings. The van der Waals surface area contributed by atoms with Gasteiger partial charge in [-0.25, -0.2) is 0 Å². The molecule has 3 aliphatic rings. The average Bonchev–Trinajstić information content (AvgIpc) is 3.73. The first kappa shape index (κ1) is 46.3. The molecule has 1 aliphatic carbocycles. The highest BCUT2D eigenvalue weighted by Crippen LogP contribution is 2.47. The van der Waals surface area contributed by atoms with Crippen LogP contribution in [-0.2, 0) is 53.7 Å². The first-order valence-corrected chi connectivity index (χ1v) is 21.4. The van der Waals surface area contributed by atoms with Gasteiger partial charge in [0, 0.05) is 66.9 Å². The summed E-state index contributed by atoms with van der Waals surface area (Å²) in [4.78, 5) is 49.8. The Bertz CT molecular complexity index is 1910. The third-order valence-electron chi connectivity index (χ3n) is 11.3. The number of para-hydroxylation sites is 2. The molecule has 12 nitrogen and oxygen atoms in total. The number of Topliss-reactive ketones (excluding diaryl/α,β-unsaturated/α-hetero) is 2. The summed E-state index contributed by atoms with van der Waals surface area (Å²) in [5.74, 6) is -1.28. The van der Waals surface area contributed by atoms with Gasteiger partial charge in [0.25, 0.3) is 0 Å². The molecule has 5 rings (SSSR count). The average molecular weight is 827 g/mol. The molecule has 1 amide bonds. The SMILES string of the molecule is C[N+]1=C(/C=C/C=C/C=C2\N(CCCCCC(=O)NCCOCCOCCOCCOCCC(=O)OC3C(=O)CCC3=O)c3ccccc3C2(C)C)C(C)(C)c2ccccc21. The van der Waals surface area contributed by atoms with E-state index < -0.39 is 12.1 Å². The van der Waals surface area contributed by atoms with Crippen LogP contribution in [0.5, 0.6) is 0 Å². The van der Waals surface area contributed by atoms with E-state index in [4.69, 9.17) is 23.7 Å². The van der Waals surface area contributed by atoms with Crippen LogP contribution in [0.2, 0.25) is 0 Å². The smallest absolute Gasteiger partial charge is 0.309 e. The summed E-state index contributed by atoms with van der Waals surface area (Å²) in [6.07, 6.45) is 13.1. The van der Waals surface area contributed by atoms with Gasteiger partial charge in [-0.05, 0) is 44.4 Å². The number of hydrogen-bond donors (Lipinski definition) is 1. The minimum atomic E-state index is -1.24. The Labute approximate surface area is 355 Å². The lowest BCUT2D eigenvalue weighted by atomic mass is 9.81. The number of allylic oxidation sites excluding steroid dienone is 6. The number of ketones is 2. The van der Waals surface area contributed by atoms with Gasteiger partial charge < -0.3 is 33.9 Å².